The standard InChI is InChI=1S/C31H45F2N3O9/c1-19-13-21-22-15-24(32)23-14-20(37)5-6-28(23,2)30(22,33)25(38)16-29(21,3)31(19,41)26(39)18-44-27(40)17-35-10-8-34(9-11-35)7-4-12-45-36(42)43/h5-6,14,19,21-22,24-25,38,41-43H,4,7-13,15-18H2,1-3H3/t19-,21?,22?,24+,25+,28+,29+,30+,31+/m1/s1. The highest BCUT2D eigenvalue weighted by molar-refractivity contribution is 6.01. The van der Waals surface area contributed by atoms with E-state index >= 15 is 8.78 Å². The number of Topliss-reactive ketones (excluding diaryl/α,β-unsaturated/α-hetero) is 1. The van der Waals surface area contributed by atoms with Gasteiger partial charge in [-0.25, -0.2) is 8.78 Å². The van der Waals surface area contributed by atoms with Crippen LogP contribution in [0.1, 0.15) is 46.5 Å². The lowest BCUT2D eigenvalue weighted by atomic mass is 9.44. The highest BCUT2D eigenvalue weighted by Crippen LogP contribution is 2.71. The molecule has 1 saturated heterocycles. The van der Waals surface area contributed by atoms with Gasteiger partial charge in [-0.15, -0.1) is 0 Å². The quantitative estimate of drug-likeness (QED) is 0.155. The van der Waals surface area contributed by atoms with Crippen LogP contribution in [0.5, 0.6) is 0 Å². The first-order chi connectivity index (χ1) is 21.1. The van der Waals surface area contributed by atoms with Crippen LogP contribution >= 0.6 is 0 Å². The number of nitrogens with zero attached hydrogens (tertiary/aromatic N) is 3. The van der Waals surface area contributed by atoms with Crippen molar-refractivity contribution in [1.29, 1.82) is 0 Å². The van der Waals surface area contributed by atoms with Crippen molar-refractivity contribution in [3.05, 3.63) is 23.8 Å². The monoisotopic (exact) mass is 641 g/mol. The van der Waals surface area contributed by atoms with Gasteiger partial charge in [-0.1, -0.05) is 19.9 Å². The highest BCUT2D eigenvalue weighted by Gasteiger charge is 2.76. The summed E-state index contributed by atoms with van der Waals surface area (Å²) < 4.78 is 38.3. The Hall–Kier alpha value is -2.17. The molecule has 0 aromatic rings. The second-order valence-corrected chi connectivity index (χ2v) is 13.9. The number of piperazine rings is 1. The van der Waals surface area contributed by atoms with Gasteiger partial charge < -0.3 is 19.8 Å². The predicted molar refractivity (Wildman–Crippen MR) is 153 cm³/mol. The van der Waals surface area contributed by atoms with Crippen LogP contribution in [-0.2, 0) is 24.0 Å². The number of rotatable bonds is 10. The predicted octanol–water partition coefficient (Wildman–Crippen LogP) is 1.41. The van der Waals surface area contributed by atoms with Crippen LogP contribution in [0.15, 0.2) is 23.8 Å². The van der Waals surface area contributed by atoms with E-state index in [9.17, 15) is 24.6 Å². The molecule has 1 aliphatic heterocycles. The van der Waals surface area contributed by atoms with Gasteiger partial charge in [0, 0.05) is 49.5 Å². The molecule has 0 radical (unpaired) electrons. The molecule has 4 aliphatic carbocycles. The Balaban J connectivity index is 1.21. The number of hydrogen-bond acceptors (Lipinski definition) is 12. The summed E-state index contributed by atoms with van der Waals surface area (Å²) in [5.74, 6) is -4.14. The van der Waals surface area contributed by atoms with E-state index in [0.717, 1.165) is 6.08 Å². The summed E-state index contributed by atoms with van der Waals surface area (Å²) >= 11 is 0. The first kappa shape index (κ1) is 34.2. The number of hydrogen-bond donors (Lipinski definition) is 4. The zero-order chi connectivity index (χ0) is 32.9. The molecule has 1 heterocycles. The van der Waals surface area contributed by atoms with Gasteiger partial charge in [0.2, 0.25) is 5.78 Å². The molecule has 0 aromatic heterocycles. The molecule has 3 saturated carbocycles. The summed E-state index contributed by atoms with van der Waals surface area (Å²) in [6.45, 7) is 7.40. The molecule has 9 atom stereocenters. The summed E-state index contributed by atoms with van der Waals surface area (Å²) in [5, 5.41) is 40.3. The minimum Gasteiger partial charge on any atom is -0.457 e. The molecule has 0 aromatic carbocycles. The molecule has 0 spiro atoms. The maximum absolute atomic E-state index is 17.3. The lowest BCUT2D eigenvalue weighted by molar-refractivity contribution is -0.492. The van der Waals surface area contributed by atoms with E-state index in [1.807, 2.05) is 4.90 Å². The normalized spacial score (nSPS) is 41.8. The van der Waals surface area contributed by atoms with Crippen molar-refractivity contribution < 1.29 is 53.4 Å². The van der Waals surface area contributed by atoms with Crippen molar-refractivity contribution in [2.75, 3.05) is 52.5 Å². The Morgan fingerprint density at radius 3 is 2.44 bits per heavy atom. The first-order valence-corrected chi connectivity index (χ1v) is 15.7. The molecular formula is C31H45F2N3O9. The maximum Gasteiger partial charge on any atom is 0.320 e. The molecule has 5 rings (SSSR count). The molecule has 4 fully saturated rings. The van der Waals surface area contributed by atoms with E-state index in [1.165, 1.54) is 19.1 Å². The number of halogens is 2. The van der Waals surface area contributed by atoms with Crippen LogP contribution in [0.25, 0.3) is 0 Å². The molecule has 14 heteroatoms. The number of carbonyl (C=O) groups is 3. The lowest BCUT2D eigenvalue weighted by Crippen LogP contribution is -2.70. The van der Waals surface area contributed by atoms with Gasteiger partial charge in [-0.3, -0.25) is 34.5 Å². The number of aliphatic hydroxyl groups is 2. The molecule has 0 bridgehead atoms. The van der Waals surface area contributed by atoms with E-state index in [4.69, 9.17) is 15.2 Å². The maximum atomic E-state index is 17.3. The fourth-order valence-corrected chi connectivity index (χ4v) is 9.22. The molecule has 45 heavy (non-hydrogen) atoms. The number of aliphatic hydroxyl groups excluding tert-OH is 1. The number of carbonyl (C=O) groups excluding carboxylic acids is 3. The molecule has 2 unspecified atom stereocenters. The van der Waals surface area contributed by atoms with Crippen LogP contribution < -0.4 is 0 Å². The average Bonchev–Trinajstić information content (AvgIpc) is 3.18. The number of ether oxygens (including phenoxy) is 1. The third-order valence-corrected chi connectivity index (χ3v) is 11.6. The summed E-state index contributed by atoms with van der Waals surface area (Å²) in [5.41, 5.74) is -7.22. The van der Waals surface area contributed by atoms with E-state index in [-0.39, 0.29) is 43.4 Å². The fraction of sp³-hybridized carbons (Fsp3) is 0.774. The van der Waals surface area contributed by atoms with E-state index < -0.39 is 76.3 Å². The number of ketones is 2. The van der Waals surface area contributed by atoms with Gasteiger partial charge in [0.05, 0.1) is 24.6 Å². The van der Waals surface area contributed by atoms with Crippen molar-refractivity contribution in [3.8, 4) is 0 Å². The van der Waals surface area contributed by atoms with E-state index in [0.29, 0.717) is 39.1 Å². The van der Waals surface area contributed by atoms with Gasteiger partial charge in [0.25, 0.3) is 0 Å². The van der Waals surface area contributed by atoms with Crippen LogP contribution in [-0.4, -0.2) is 129 Å². The summed E-state index contributed by atoms with van der Waals surface area (Å²) in [6, 6.07) is 0. The SMILES string of the molecule is C[C@@H]1CC2C3C[C@H](F)C4=CC(=O)C=C[C@]4(C)[C@@]3(F)[C@@H](O)C[C@]2(C)[C@@]1(O)C(=O)COC(=O)CN1CCN(CCCON(O)O)CC1. The van der Waals surface area contributed by atoms with Crippen molar-refractivity contribution in [2.45, 2.75) is 70.0 Å². The van der Waals surface area contributed by atoms with Gasteiger partial charge in [-0.05, 0) is 62.2 Å². The summed E-state index contributed by atoms with van der Waals surface area (Å²) in [4.78, 5) is 47.0. The third-order valence-electron chi connectivity index (χ3n) is 11.6. The number of allylic oxidation sites excluding steroid dienone is 4. The molecular weight excluding hydrogens is 596 g/mol. The van der Waals surface area contributed by atoms with Crippen LogP contribution in [0.4, 0.5) is 8.78 Å². The Kier molecular flexibility index (Phi) is 9.46. The van der Waals surface area contributed by atoms with Gasteiger partial charge >= 0.3 is 5.97 Å². The summed E-state index contributed by atoms with van der Waals surface area (Å²) in [6.07, 6.45) is 0.648. The molecule has 12 nitrogen and oxygen atoms in total. The highest BCUT2D eigenvalue weighted by atomic mass is 19.1. The van der Waals surface area contributed by atoms with Crippen molar-refractivity contribution in [3.63, 3.8) is 0 Å². The van der Waals surface area contributed by atoms with Crippen molar-refractivity contribution >= 4 is 17.5 Å². The first-order valence-electron chi connectivity index (χ1n) is 15.7. The number of esters is 1. The smallest absolute Gasteiger partial charge is 0.320 e. The van der Waals surface area contributed by atoms with E-state index in [2.05, 4.69) is 9.74 Å². The Morgan fingerprint density at radius 1 is 1.11 bits per heavy atom. The fourth-order valence-electron chi connectivity index (χ4n) is 9.22. The van der Waals surface area contributed by atoms with Gasteiger partial charge in [-0.2, -0.15) is 0 Å². The minimum absolute atomic E-state index is 0.00821. The topological polar surface area (TPSA) is 160 Å². The molecule has 4 N–H and O–H groups in total. The second-order valence-electron chi connectivity index (χ2n) is 13.9. The zero-order valence-electron chi connectivity index (χ0n) is 26.0. The number of fused-ring (bicyclic) bond motifs is 5. The number of alkyl halides is 2. The Labute approximate surface area is 261 Å². The average molecular weight is 642 g/mol. The van der Waals surface area contributed by atoms with Crippen LogP contribution in [0.2, 0.25) is 0 Å². The molecule has 252 valence electrons. The zero-order valence-corrected chi connectivity index (χ0v) is 26.0. The second kappa shape index (κ2) is 12.5. The lowest BCUT2D eigenvalue weighted by Gasteiger charge is -2.63. The minimum atomic E-state index is -2.32. The van der Waals surface area contributed by atoms with Crippen molar-refractivity contribution in [2.24, 2.45) is 28.6 Å². The Bertz CT molecular complexity index is 1240. The molecule has 0 amide bonds. The Morgan fingerprint density at radius 2 is 1.78 bits per heavy atom. The third kappa shape index (κ3) is 5.60. The summed E-state index contributed by atoms with van der Waals surface area (Å²) in [7, 11) is 0. The van der Waals surface area contributed by atoms with Crippen molar-refractivity contribution in [1.82, 2.24) is 15.2 Å². The molecule has 5 aliphatic rings. The van der Waals surface area contributed by atoms with Crippen LogP contribution in [0.3, 0.4) is 0 Å². The van der Waals surface area contributed by atoms with Gasteiger partial charge in [0.15, 0.2) is 18.1 Å². The van der Waals surface area contributed by atoms with Crippen LogP contribution in [0, 0.1) is 28.6 Å². The van der Waals surface area contributed by atoms with Gasteiger partial charge in [0.1, 0.15) is 11.8 Å². The largest absolute Gasteiger partial charge is 0.457 e. The van der Waals surface area contributed by atoms with E-state index in [1.54, 1.807) is 13.8 Å².